The van der Waals surface area contributed by atoms with Crippen LogP contribution in [-0.2, 0) is 10.8 Å². The molecule has 5 aromatic carbocycles. The van der Waals surface area contributed by atoms with E-state index in [1.807, 2.05) is 55.0 Å². The van der Waals surface area contributed by atoms with Crippen molar-refractivity contribution >= 4 is 11.0 Å². The number of hydrogen-bond donors (Lipinski definition) is 0. The van der Waals surface area contributed by atoms with Crippen molar-refractivity contribution in [1.29, 1.82) is 0 Å². The molecule has 5 nitrogen and oxygen atoms in total. The maximum Gasteiger partial charge on any atom is 0.219 e. The molecule has 1 unspecified atom stereocenters. The van der Waals surface area contributed by atoms with Gasteiger partial charge in [0.15, 0.2) is 0 Å². The van der Waals surface area contributed by atoms with Crippen molar-refractivity contribution in [3.8, 4) is 28.8 Å². The lowest BCUT2D eigenvalue weighted by Crippen LogP contribution is -2.34. The van der Waals surface area contributed by atoms with Gasteiger partial charge >= 0.3 is 0 Å². The SMILES string of the molecule is CC(C)(C)c1ccnc(Oc2cccc(C3(c4ccccc4)c4ccccc4Oc4ccc(-n5cnc6ccccc65)cc43)c2)c1. The standard InChI is InChI=1S/C41H33N3O2/c1-40(2,3)29-22-23-42-39(25-29)45-32-15-11-14-30(24-32)41(28-12-5-4-6-13-28)33-16-7-10-19-37(33)46-38-21-20-31(26-34(38)41)44-27-43-35-17-8-9-18-36(35)44/h4-27H,1-3H3. The Kier molecular flexibility index (Phi) is 6.50. The molecule has 2 aromatic heterocycles. The fourth-order valence-electron chi connectivity index (χ4n) is 6.67. The Morgan fingerprint density at radius 3 is 2.28 bits per heavy atom. The minimum absolute atomic E-state index is 0.0198. The third kappa shape index (κ3) is 4.55. The quantitative estimate of drug-likeness (QED) is 0.198. The first kappa shape index (κ1) is 27.8. The molecule has 0 saturated carbocycles. The number of benzene rings is 5. The molecule has 46 heavy (non-hydrogen) atoms. The largest absolute Gasteiger partial charge is 0.457 e. The van der Waals surface area contributed by atoms with Gasteiger partial charge in [0, 0.05) is 29.1 Å². The van der Waals surface area contributed by atoms with Gasteiger partial charge in [0.05, 0.1) is 16.4 Å². The van der Waals surface area contributed by atoms with Crippen molar-refractivity contribution in [3.63, 3.8) is 0 Å². The average molecular weight is 600 g/mol. The zero-order valence-electron chi connectivity index (χ0n) is 26.0. The number of rotatable bonds is 5. The van der Waals surface area contributed by atoms with Crippen LogP contribution in [0.5, 0.6) is 23.1 Å². The lowest BCUT2D eigenvalue weighted by Gasteiger charge is -2.41. The van der Waals surface area contributed by atoms with E-state index in [1.54, 1.807) is 0 Å². The molecular weight excluding hydrogens is 566 g/mol. The third-order valence-electron chi connectivity index (χ3n) is 8.91. The van der Waals surface area contributed by atoms with Gasteiger partial charge in [-0.1, -0.05) is 93.6 Å². The zero-order chi connectivity index (χ0) is 31.3. The molecule has 0 aliphatic carbocycles. The molecule has 0 spiro atoms. The minimum atomic E-state index is -0.710. The average Bonchev–Trinajstić information content (AvgIpc) is 3.52. The van der Waals surface area contributed by atoms with Crippen LogP contribution in [0.2, 0.25) is 0 Å². The fourth-order valence-corrected chi connectivity index (χ4v) is 6.67. The third-order valence-corrected chi connectivity index (χ3v) is 8.91. The number of hydrogen-bond acceptors (Lipinski definition) is 4. The van der Waals surface area contributed by atoms with Gasteiger partial charge in [0.25, 0.3) is 0 Å². The molecule has 8 rings (SSSR count). The van der Waals surface area contributed by atoms with E-state index in [-0.39, 0.29) is 5.41 Å². The Hall–Kier alpha value is -5.68. The molecule has 0 fully saturated rings. The van der Waals surface area contributed by atoms with Crippen LogP contribution in [0, 0.1) is 0 Å². The number of imidazole rings is 1. The first-order chi connectivity index (χ1) is 22.4. The molecule has 7 aromatic rings. The summed E-state index contributed by atoms with van der Waals surface area (Å²) in [5, 5.41) is 0. The lowest BCUT2D eigenvalue weighted by atomic mass is 9.63. The van der Waals surface area contributed by atoms with Gasteiger partial charge in [0.2, 0.25) is 5.88 Å². The maximum absolute atomic E-state index is 6.64. The number of nitrogens with zero attached hydrogens (tertiary/aromatic N) is 3. The monoisotopic (exact) mass is 599 g/mol. The van der Waals surface area contributed by atoms with Crippen LogP contribution in [0.15, 0.2) is 146 Å². The summed E-state index contributed by atoms with van der Waals surface area (Å²) >= 11 is 0. The van der Waals surface area contributed by atoms with Crippen molar-refractivity contribution in [1.82, 2.24) is 14.5 Å². The van der Waals surface area contributed by atoms with Crippen LogP contribution in [-0.4, -0.2) is 14.5 Å². The predicted molar refractivity (Wildman–Crippen MR) is 182 cm³/mol. The van der Waals surface area contributed by atoms with Gasteiger partial charge in [-0.15, -0.1) is 0 Å². The molecular formula is C41H33N3O2. The summed E-state index contributed by atoms with van der Waals surface area (Å²) in [5.74, 6) is 2.92. The normalized spacial score (nSPS) is 15.5. The van der Waals surface area contributed by atoms with Gasteiger partial charge in [-0.3, -0.25) is 4.57 Å². The molecule has 0 amide bonds. The molecule has 1 aliphatic heterocycles. The molecule has 0 saturated heterocycles. The highest BCUT2D eigenvalue weighted by Gasteiger charge is 2.45. The first-order valence-electron chi connectivity index (χ1n) is 15.6. The van der Waals surface area contributed by atoms with E-state index >= 15 is 0 Å². The highest BCUT2D eigenvalue weighted by molar-refractivity contribution is 5.78. The Labute approximate surface area is 268 Å². The van der Waals surface area contributed by atoms with Gasteiger partial charge in [-0.2, -0.15) is 0 Å². The Balaban J connectivity index is 1.36. The van der Waals surface area contributed by atoms with Crippen LogP contribution in [0.25, 0.3) is 16.7 Å². The van der Waals surface area contributed by atoms with E-state index < -0.39 is 5.41 Å². The van der Waals surface area contributed by atoms with E-state index in [0.717, 1.165) is 50.5 Å². The van der Waals surface area contributed by atoms with Crippen LogP contribution >= 0.6 is 0 Å². The van der Waals surface area contributed by atoms with E-state index in [0.29, 0.717) is 11.6 Å². The predicted octanol–water partition coefficient (Wildman–Crippen LogP) is 10.00. The van der Waals surface area contributed by atoms with E-state index in [1.165, 1.54) is 5.56 Å². The Bertz CT molecular complexity index is 2210. The zero-order valence-corrected chi connectivity index (χ0v) is 26.0. The van der Waals surface area contributed by atoms with Crippen LogP contribution in [0.4, 0.5) is 0 Å². The summed E-state index contributed by atoms with van der Waals surface area (Å²) < 4.78 is 15.3. The number of aromatic nitrogens is 3. The first-order valence-corrected chi connectivity index (χ1v) is 15.6. The molecule has 5 heteroatoms. The Morgan fingerprint density at radius 1 is 0.652 bits per heavy atom. The van der Waals surface area contributed by atoms with E-state index in [2.05, 4.69) is 126 Å². The highest BCUT2D eigenvalue weighted by Crippen LogP contribution is 2.56. The molecule has 3 heterocycles. The van der Waals surface area contributed by atoms with Crippen molar-refractivity contribution in [2.45, 2.75) is 31.6 Å². The van der Waals surface area contributed by atoms with Crippen molar-refractivity contribution in [3.05, 3.63) is 174 Å². The smallest absolute Gasteiger partial charge is 0.219 e. The van der Waals surface area contributed by atoms with Gasteiger partial charge in [0.1, 0.15) is 23.6 Å². The summed E-state index contributed by atoms with van der Waals surface area (Å²) in [7, 11) is 0. The number of para-hydroxylation sites is 3. The number of pyridine rings is 1. The lowest BCUT2D eigenvalue weighted by molar-refractivity contribution is 0.432. The second kappa shape index (κ2) is 10.7. The number of ether oxygens (including phenoxy) is 2. The molecule has 224 valence electrons. The summed E-state index contributed by atoms with van der Waals surface area (Å²) in [6.45, 7) is 6.58. The van der Waals surface area contributed by atoms with Crippen LogP contribution in [0.3, 0.4) is 0 Å². The van der Waals surface area contributed by atoms with Crippen molar-refractivity contribution < 1.29 is 9.47 Å². The topological polar surface area (TPSA) is 49.2 Å². The molecule has 1 aliphatic rings. The summed E-state index contributed by atoms with van der Waals surface area (Å²) in [5.41, 5.74) is 7.73. The summed E-state index contributed by atoms with van der Waals surface area (Å²) in [6, 6.07) is 46.1. The summed E-state index contributed by atoms with van der Waals surface area (Å²) in [6.07, 6.45) is 3.71. The molecule has 0 radical (unpaired) electrons. The molecule has 0 bridgehead atoms. The summed E-state index contributed by atoms with van der Waals surface area (Å²) in [4.78, 5) is 9.23. The van der Waals surface area contributed by atoms with E-state index in [9.17, 15) is 0 Å². The van der Waals surface area contributed by atoms with Gasteiger partial charge < -0.3 is 9.47 Å². The van der Waals surface area contributed by atoms with Gasteiger partial charge in [-0.25, -0.2) is 9.97 Å². The maximum atomic E-state index is 6.64. The van der Waals surface area contributed by atoms with Crippen molar-refractivity contribution in [2.75, 3.05) is 0 Å². The minimum Gasteiger partial charge on any atom is -0.457 e. The molecule has 1 atom stereocenters. The fraction of sp³-hybridized carbons (Fsp3) is 0.122. The Morgan fingerprint density at radius 2 is 1.41 bits per heavy atom. The van der Waals surface area contributed by atoms with Crippen LogP contribution in [0.1, 0.15) is 48.6 Å². The van der Waals surface area contributed by atoms with Gasteiger partial charge in [-0.05, 0) is 76.7 Å². The second-order valence-corrected chi connectivity index (χ2v) is 12.8. The van der Waals surface area contributed by atoms with E-state index in [4.69, 9.17) is 9.47 Å². The van der Waals surface area contributed by atoms with Crippen LogP contribution < -0.4 is 9.47 Å². The highest BCUT2D eigenvalue weighted by atomic mass is 16.5. The molecule has 0 N–H and O–H groups in total. The second-order valence-electron chi connectivity index (χ2n) is 12.8. The van der Waals surface area contributed by atoms with Crippen molar-refractivity contribution in [2.24, 2.45) is 0 Å². The number of fused-ring (bicyclic) bond motifs is 3.